The van der Waals surface area contributed by atoms with E-state index in [-0.39, 0.29) is 24.7 Å². The first kappa shape index (κ1) is 27.8. The van der Waals surface area contributed by atoms with Crippen LogP contribution in [0.5, 0.6) is 5.75 Å². The predicted octanol–water partition coefficient (Wildman–Crippen LogP) is 1.71. The molecule has 2 aromatic rings. The predicted molar refractivity (Wildman–Crippen MR) is 125 cm³/mol. The van der Waals surface area contributed by atoms with E-state index < -0.39 is 61.9 Å². The van der Waals surface area contributed by atoms with Crippen molar-refractivity contribution >= 4 is 13.7 Å². The second kappa shape index (κ2) is 11.9. The van der Waals surface area contributed by atoms with Gasteiger partial charge in [0.05, 0.1) is 25.5 Å². The van der Waals surface area contributed by atoms with Crippen LogP contribution in [0.2, 0.25) is 0 Å². The first-order valence-electron chi connectivity index (χ1n) is 11.3. The molecule has 1 fully saturated rings. The number of aromatic nitrogens is 2. The fourth-order valence-corrected chi connectivity index (χ4v) is 5.14. The van der Waals surface area contributed by atoms with Crippen LogP contribution in [-0.2, 0) is 23.4 Å². The number of nitrogens with one attached hydrogen (secondary N) is 2. The average molecular weight is 529 g/mol. The van der Waals surface area contributed by atoms with Gasteiger partial charge in [0, 0.05) is 6.42 Å². The molecule has 0 spiro atoms. The Hall–Kier alpha value is -2.83. The summed E-state index contributed by atoms with van der Waals surface area (Å²) in [6.07, 6.45) is -2.84. The largest absolute Gasteiger partial charge is 0.465 e. The quantitative estimate of drug-likeness (QED) is 0.289. The van der Waals surface area contributed by atoms with Crippen molar-refractivity contribution in [2.75, 3.05) is 13.2 Å². The molecule has 12 nitrogen and oxygen atoms in total. The third-order valence-electron chi connectivity index (χ3n) is 5.32. The number of ether oxygens (including phenoxy) is 2. The van der Waals surface area contributed by atoms with E-state index in [1.165, 1.54) is 0 Å². The number of aliphatic hydroxyl groups is 1. The lowest BCUT2D eigenvalue weighted by atomic mass is 10.1. The van der Waals surface area contributed by atoms with Gasteiger partial charge in [-0.1, -0.05) is 32.0 Å². The minimum atomic E-state index is -4.24. The lowest BCUT2D eigenvalue weighted by molar-refractivity contribution is -0.146. The summed E-state index contributed by atoms with van der Waals surface area (Å²) in [5.41, 5.74) is -2.10. The van der Waals surface area contributed by atoms with Crippen LogP contribution >= 0.6 is 7.75 Å². The number of hydrogen-bond donors (Lipinski definition) is 3. The number of para-hydroxylation sites is 1. The summed E-state index contributed by atoms with van der Waals surface area (Å²) in [5.74, 6) is -2.00. The summed E-state index contributed by atoms with van der Waals surface area (Å²) in [6.45, 7) is 4.72. The minimum Gasteiger partial charge on any atom is -0.465 e. The molecular weight excluding hydrogens is 500 g/mol. The van der Waals surface area contributed by atoms with Crippen LogP contribution in [0, 0.1) is 11.7 Å². The summed E-state index contributed by atoms with van der Waals surface area (Å²) < 4.78 is 50.0. The molecule has 0 amide bonds. The summed E-state index contributed by atoms with van der Waals surface area (Å²) in [5, 5.41) is 13.1. The van der Waals surface area contributed by atoms with E-state index >= 15 is 0 Å². The zero-order chi connectivity index (χ0) is 26.5. The highest BCUT2D eigenvalue weighted by Crippen LogP contribution is 2.46. The number of carbonyl (C=O) groups excluding carboxylic acids is 1. The van der Waals surface area contributed by atoms with Crippen LogP contribution in [0.25, 0.3) is 0 Å². The molecule has 1 aromatic carbocycles. The maximum Gasteiger partial charge on any atom is 0.459 e. The van der Waals surface area contributed by atoms with Crippen molar-refractivity contribution in [1.29, 1.82) is 0 Å². The number of benzene rings is 1. The van der Waals surface area contributed by atoms with E-state index in [4.69, 9.17) is 18.5 Å². The average Bonchev–Trinajstić information content (AvgIpc) is 3.19. The number of aromatic amines is 1. The second-order valence-corrected chi connectivity index (χ2v) is 10.1. The molecule has 3 N–H and O–H groups in total. The molecule has 5 atom stereocenters. The van der Waals surface area contributed by atoms with Gasteiger partial charge in [0.15, 0.2) is 0 Å². The van der Waals surface area contributed by atoms with Crippen LogP contribution in [0.3, 0.4) is 0 Å². The Balaban J connectivity index is 1.78. The van der Waals surface area contributed by atoms with E-state index in [1.807, 2.05) is 4.98 Å². The van der Waals surface area contributed by atoms with Crippen LogP contribution in [-0.4, -0.2) is 52.1 Å². The topological polar surface area (TPSA) is 158 Å². The maximum absolute atomic E-state index is 13.7. The Morgan fingerprint density at radius 2 is 2.03 bits per heavy atom. The Bertz CT molecular complexity index is 1200. The van der Waals surface area contributed by atoms with Crippen molar-refractivity contribution in [3.63, 3.8) is 0 Å². The molecule has 3 rings (SSSR count). The van der Waals surface area contributed by atoms with Crippen molar-refractivity contribution < 1.29 is 37.4 Å². The van der Waals surface area contributed by atoms with E-state index in [1.54, 1.807) is 51.1 Å². The smallest absolute Gasteiger partial charge is 0.459 e. The lowest BCUT2D eigenvalue weighted by Crippen LogP contribution is -2.42. The summed E-state index contributed by atoms with van der Waals surface area (Å²) >= 11 is 0. The van der Waals surface area contributed by atoms with Crippen molar-refractivity contribution in [2.24, 2.45) is 5.92 Å². The first-order chi connectivity index (χ1) is 17.0. The van der Waals surface area contributed by atoms with E-state index in [0.717, 1.165) is 4.57 Å². The first-order valence-corrected chi connectivity index (χ1v) is 12.9. The van der Waals surface area contributed by atoms with Crippen molar-refractivity contribution in [3.05, 3.63) is 63.2 Å². The molecule has 0 radical (unpaired) electrons. The molecule has 14 heteroatoms. The van der Waals surface area contributed by atoms with Crippen LogP contribution in [0.4, 0.5) is 4.39 Å². The Morgan fingerprint density at radius 1 is 1.33 bits per heavy atom. The van der Waals surface area contributed by atoms with Gasteiger partial charge in [-0.15, -0.1) is 0 Å². The molecule has 198 valence electrons. The molecule has 36 heavy (non-hydrogen) atoms. The highest BCUT2D eigenvalue weighted by Gasteiger charge is 2.41. The van der Waals surface area contributed by atoms with E-state index in [0.29, 0.717) is 6.20 Å². The van der Waals surface area contributed by atoms with Gasteiger partial charge in [0.2, 0.25) is 5.82 Å². The number of hydrogen-bond acceptors (Lipinski definition) is 9. The molecule has 1 aliphatic rings. The number of aliphatic hydroxyl groups excluding tert-OH is 1. The Labute approximate surface area is 205 Å². The number of H-pyrrole nitrogens is 1. The lowest BCUT2D eigenvalue weighted by Gasteiger charge is -2.27. The van der Waals surface area contributed by atoms with E-state index in [9.17, 15) is 28.4 Å². The number of halogens is 1. The number of esters is 1. The molecular formula is C22H29FN3O9P. The molecule has 2 heterocycles. The summed E-state index contributed by atoms with van der Waals surface area (Å²) in [7, 11) is -4.24. The van der Waals surface area contributed by atoms with Gasteiger partial charge >= 0.3 is 19.4 Å². The zero-order valence-electron chi connectivity index (χ0n) is 20.0. The number of rotatable bonds is 11. The minimum absolute atomic E-state index is 0.114. The summed E-state index contributed by atoms with van der Waals surface area (Å²) in [6, 6.07) is 7.08. The van der Waals surface area contributed by atoms with Crippen molar-refractivity contribution in [3.8, 4) is 5.75 Å². The van der Waals surface area contributed by atoms with Crippen LogP contribution in [0.1, 0.15) is 33.4 Å². The fourth-order valence-electron chi connectivity index (χ4n) is 3.47. The Morgan fingerprint density at radius 3 is 2.67 bits per heavy atom. The summed E-state index contributed by atoms with van der Waals surface area (Å²) in [4.78, 5) is 37.6. The molecule has 0 bridgehead atoms. The fraction of sp³-hybridized carbons (Fsp3) is 0.500. The molecule has 1 aromatic heterocycles. The van der Waals surface area contributed by atoms with Gasteiger partial charge in [-0.3, -0.25) is 23.7 Å². The van der Waals surface area contributed by atoms with Crippen molar-refractivity contribution in [2.45, 2.75) is 51.7 Å². The standard InChI is InChI=1S/C22H29FN3O9P/c1-4-32-21(29)19(13(2)3)25-36(31,35-14-8-6-5-7-9-14)33-12-17-16(27)10-18(34-17)26-11-15(23)20(28)24-22(26)30/h5-9,11,13,16-19,27H,4,10,12H2,1-3H3,(H,25,31)(H,24,28,30)/t16-,17+,18+,19-,36?/m0/s1. The third-order valence-corrected chi connectivity index (χ3v) is 6.86. The maximum atomic E-state index is 13.7. The highest BCUT2D eigenvalue weighted by atomic mass is 31.2. The normalized spacial score (nSPS) is 22.2. The number of nitrogens with zero attached hydrogens (tertiary/aromatic N) is 1. The SMILES string of the molecule is CCOC(=O)[C@@H](NP(=O)(OC[C@H]1O[C@@H](n2cc(F)c(=O)[nH]c2=O)C[C@@H]1O)Oc1ccccc1)C(C)C. The molecule has 0 saturated carbocycles. The third kappa shape index (κ3) is 6.89. The Kier molecular flexibility index (Phi) is 9.20. The van der Waals surface area contributed by atoms with E-state index in [2.05, 4.69) is 5.09 Å². The molecule has 1 aliphatic heterocycles. The molecule has 0 aliphatic carbocycles. The van der Waals surface area contributed by atoms with Gasteiger partial charge in [-0.2, -0.15) is 9.48 Å². The molecule has 1 unspecified atom stereocenters. The van der Waals surface area contributed by atoms with Crippen molar-refractivity contribution in [1.82, 2.24) is 14.6 Å². The van der Waals surface area contributed by atoms with Crippen LogP contribution < -0.4 is 20.9 Å². The molecule has 1 saturated heterocycles. The zero-order valence-corrected chi connectivity index (χ0v) is 20.9. The number of carbonyl (C=O) groups is 1. The van der Waals surface area contributed by atoms with Crippen LogP contribution in [0.15, 0.2) is 46.1 Å². The highest BCUT2D eigenvalue weighted by molar-refractivity contribution is 7.52. The van der Waals surface area contributed by atoms with Gasteiger partial charge in [-0.25, -0.2) is 9.36 Å². The van der Waals surface area contributed by atoms with Gasteiger partial charge in [0.25, 0.3) is 5.56 Å². The van der Waals surface area contributed by atoms with Gasteiger partial charge in [-0.05, 0) is 25.0 Å². The van der Waals surface area contributed by atoms with Gasteiger partial charge in [0.1, 0.15) is 24.1 Å². The second-order valence-electron chi connectivity index (χ2n) is 8.38. The van der Waals surface area contributed by atoms with Gasteiger partial charge < -0.3 is 19.1 Å². The monoisotopic (exact) mass is 529 g/mol.